The van der Waals surface area contributed by atoms with Gasteiger partial charge in [-0.25, -0.2) is 0 Å². The Hall–Kier alpha value is -1.56. The topological polar surface area (TPSA) is 67.6 Å². The standard InChI is InChI=1S/C15H25N3O3/c1-10-5-6-13(8-19)7-18(10)14(20)9-21-15-11(2)16-17(4)12(15)3/h10,13,19H,5-9H2,1-4H3. The second-order valence-electron chi connectivity index (χ2n) is 5.93. The summed E-state index contributed by atoms with van der Waals surface area (Å²) in [6, 6.07) is 0.208. The summed E-state index contributed by atoms with van der Waals surface area (Å²) in [4.78, 5) is 14.2. The maximum atomic E-state index is 12.4. The molecule has 1 aromatic heterocycles. The molecule has 1 saturated heterocycles. The normalized spacial score (nSPS) is 22.4. The molecular formula is C15H25N3O3. The molecule has 1 fully saturated rings. The van der Waals surface area contributed by atoms with Crippen molar-refractivity contribution in [1.82, 2.24) is 14.7 Å². The van der Waals surface area contributed by atoms with Gasteiger partial charge in [-0.3, -0.25) is 9.48 Å². The number of aliphatic hydroxyl groups excluding tert-OH is 1. The van der Waals surface area contributed by atoms with Crippen LogP contribution in [-0.2, 0) is 11.8 Å². The van der Waals surface area contributed by atoms with Gasteiger partial charge in [-0.05, 0) is 39.5 Å². The lowest BCUT2D eigenvalue weighted by atomic mass is 9.94. The number of ether oxygens (including phenoxy) is 1. The Bertz CT molecular complexity index is 513. The van der Waals surface area contributed by atoms with Crippen LogP contribution in [0.2, 0.25) is 0 Å². The highest BCUT2D eigenvalue weighted by Gasteiger charge is 2.29. The Morgan fingerprint density at radius 2 is 2.14 bits per heavy atom. The number of hydrogen-bond donors (Lipinski definition) is 1. The molecule has 2 unspecified atom stereocenters. The fourth-order valence-electron chi connectivity index (χ4n) is 2.86. The molecule has 1 amide bonds. The molecule has 1 N–H and O–H groups in total. The number of aliphatic hydroxyl groups is 1. The third-order valence-corrected chi connectivity index (χ3v) is 4.34. The summed E-state index contributed by atoms with van der Waals surface area (Å²) in [7, 11) is 1.86. The van der Waals surface area contributed by atoms with Crippen LogP contribution >= 0.6 is 0 Å². The molecule has 118 valence electrons. The lowest BCUT2D eigenvalue weighted by molar-refractivity contribution is -0.138. The van der Waals surface area contributed by atoms with Gasteiger partial charge in [0, 0.05) is 26.2 Å². The summed E-state index contributed by atoms with van der Waals surface area (Å²) < 4.78 is 7.43. The molecule has 0 aromatic carbocycles. The highest BCUT2D eigenvalue weighted by atomic mass is 16.5. The van der Waals surface area contributed by atoms with Gasteiger partial charge in [0.05, 0.1) is 5.69 Å². The minimum Gasteiger partial charge on any atom is -0.480 e. The zero-order valence-electron chi connectivity index (χ0n) is 13.3. The Kier molecular flexibility index (Phi) is 4.88. The monoisotopic (exact) mass is 295 g/mol. The average molecular weight is 295 g/mol. The first kappa shape index (κ1) is 15.8. The fourth-order valence-corrected chi connectivity index (χ4v) is 2.86. The van der Waals surface area contributed by atoms with Gasteiger partial charge in [0.25, 0.3) is 5.91 Å². The number of aryl methyl sites for hydroxylation is 2. The minimum absolute atomic E-state index is 0.0237. The summed E-state index contributed by atoms with van der Waals surface area (Å²) in [5.74, 6) is 0.851. The number of piperidine rings is 1. The number of aromatic nitrogens is 2. The molecule has 0 aliphatic carbocycles. The molecule has 6 heteroatoms. The van der Waals surface area contributed by atoms with E-state index in [0.29, 0.717) is 12.3 Å². The molecule has 0 bridgehead atoms. The number of likely N-dealkylation sites (tertiary alicyclic amines) is 1. The van der Waals surface area contributed by atoms with Crippen molar-refractivity contribution in [3.63, 3.8) is 0 Å². The van der Waals surface area contributed by atoms with Crippen molar-refractivity contribution in [3.05, 3.63) is 11.4 Å². The van der Waals surface area contributed by atoms with Gasteiger partial charge in [0.1, 0.15) is 5.69 Å². The first-order valence-corrected chi connectivity index (χ1v) is 7.47. The highest BCUT2D eigenvalue weighted by molar-refractivity contribution is 5.78. The van der Waals surface area contributed by atoms with Gasteiger partial charge in [0.15, 0.2) is 12.4 Å². The number of nitrogens with zero attached hydrogens (tertiary/aromatic N) is 3. The first-order chi connectivity index (χ1) is 9.93. The zero-order valence-corrected chi connectivity index (χ0v) is 13.3. The van der Waals surface area contributed by atoms with E-state index < -0.39 is 0 Å². The van der Waals surface area contributed by atoms with Gasteiger partial charge >= 0.3 is 0 Å². The van der Waals surface area contributed by atoms with Gasteiger partial charge in [-0.1, -0.05) is 0 Å². The van der Waals surface area contributed by atoms with Crippen molar-refractivity contribution >= 4 is 5.91 Å². The van der Waals surface area contributed by atoms with Gasteiger partial charge < -0.3 is 14.7 Å². The number of amides is 1. The zero-order chi connectivity index (χ0) is 15.6. The van der Waals surface area contributed by atoms with Crippen LogP contribution < -0.4 is 4.74 Å². The molecule has 0 radical (unpaired) electrons. The van der Waals surface area contributed by atoms with E-state index in [1.165, 1.54) is 0 Å². The molecule has 1 aromatic rings. The molecule has 0 spiro atoms. The molecule has 0 saturated carbocycles. The second-order valence-corrected chi connectivity index (χ2v) is 5.93. The number of carbonyl (C=O) groups is 1. The molecule has 1 aliphatic heterocycles. The van der Waals surface area contributed by atoms with E-state index in [4.69, 9.17) is 4.74 Å². The lowest BCUT2D eigenvalue weighted by Gasteiger charge is -2.37. The lowest BCUT2D eigenvalue weighted by Crippen LogP contribution is -2.48. The highest BCUT2D eigenvalue weighted by Crippen LogP contribution is 2.24. The van der Waals surface area contributed by atoms with E-state index in [1.54, 1.807) is 4.68 Å². The van der Waals surface area contributed by atoms with Gasteiger partial charge in [-0.2, -0.15) is 5.10 Å². The van der Waals surface area contributed by atoms with Crippen LogP contribution in [0.15, 0.2) is 0 Å². The van der Waals surface area contributed by atoms with Gasteiger partial charge in [-0.15, -0.1) is 0 Å². The van der Waals surface area contributed by atoms with Crippen LogP contribution in [0, 0.1) is 19.8 Å². The number of carbonyl (C=O) groups excluding carboxylic acids is 1. The van der Waals surface area contributed by atoms with E-state index in [0.717, 1.165) is 24.2 Å². The molecule has 1 aliphatic rings. The Labute approximate surface area is 125 Å². The van der Waals surface area contributed by atoms with Crippen molar-refractivity contribution < 1.29 is 14.6 Å². The summed E-state index contributed by atoms with van der Waals surface area (Å²) in [5.41, 5.74) is 1.71. The van der Waals surface area contributed by atoms with Crippen molar-refractivity contribution in [2.45, 2.75) is 39.7 Å². The van der Waals surface area contributed by atoms with E-state index in [-0.39, 0.29) is 31.1 Å². The largest absolute Gasteiger partial charge is 0.480 e. The van der Waals surface area contributed by atoms with Gasteiger partial charge in [0.2, 0.25) is 0 Å². The average Bonchev–Trinajstić information content (AvgIpc) is 2.70. The molecule has 2 rings (SSSR count). The fraction of sp³-hybridized carbons (Fsp3) is 0.733. The summed E-state index contributed by atoms with van der Waals surface area (Å²) in [5, 5.41) is 13.6. The van der Waals surface area contributed by atoms with Crippen molar-refractivity contribution in [2.75, 3.05) is 19.8 Å². The van der Waals surface area contributed by atoms with E-state index in [9.17, 15) is 9.90 Å². The maximum absolute atomic E-state index is 12.4. The van der Waals surface area contributed by atoms with Crippen LogP contribution in [0.4, 0.5) is 0 Å². The predicted octanol–water partition coefficient (Wildman–Crippen LogP) is 1.04. The number of rotatable bonds is 4. The van der Waals surface area contributed by atoms with Crippen LogP contribution in [-0.4, -0.2) is 51.5 Å². The third-order valence-electron chi connectivity index (χ3n) is 4.34. The Morgan fingerprint density at radius 1 is 1.43 bits per heavy atom. The van der Waals surface area contributed by atoms with Crippen molar-refractivity contribution in [1.29, 1.82) is 0 Å². The van der Waals surface area contributed by atoms with E-state index in [2.05, 4.69) is 5.10 Å². The Morgan fingerprint density at radius 3 is 2.71 bits per heavy atom. The quantitative estimate of drug-likeness (QED) is 0.901. The molecule has 2 heterocycles. The van der Waals surface area contributed by atoms with Crippen LogP contribution in [0.5, 0.6) is 5.75 Å². The van der Waals surface area contributed by atoms with Crippen molar-refractivity contribution in [3.8, 4) is 5.75 Å². The van der Waals surface area contributed by atoms with E-state index in [1.807, 2.05) is 32.7 Å². The summed E-state index contributed by atoms with van der Waals surface area (Å²) >= 11 is 0. The minimum atomic E-state index is -0.0247. The molecule has 6 nitrogen and oxygen atoms in total. The summed E-state index contributed by atoms with van der Waals surface area (Å²) in [6.45, 7) is 6.62. The SMILES string of the molecule is Cc1nn(C)c(C)c1OCC(=O)N1CC(CO)CCC1C. The second kappa shape index (κ2) is 6.47. The number of hydrogen-bond acceptors (Lipinski definition) is 4. The first-order valence-electron chi connectivity index (χ1n) is 7.47. The van der Waals surface area contributed by atoms with E-state index >= 15 is 0 Å². The summed E-state index contributed by atoms with van der Waals surface area (Å²) in [6.07, 6.45) is 1.91. The van der Waals surface area contributed by atoms with Crippen molar-refractivity contribution in [2.24, 2.45) is 13.0 Å². The molecule has 2 atom stereocenters. The molecule has 21 heavy (non-hydrogen) atoms. The third kappa shape index (κ3) is 3.37. The molecular weight excluding hydrogens is 270 g/mol. The predicted molar refractivity (Wildman–Crippen MR) is 79.2 cm³/mol. The maximum Gasteiger partial charge on any atom is 0.260 e. The van der Waals surface area contributed by atoms with Crippen LogP contribution in [0.1, 0.15) is 31.2 Å². The van der Waals surface area contributed by atoms with Crippen LogP contribution in [0.3, 0.4) is 0 Å². The Balaban J connectivity index is 1.97. The smallest absolute Gasteiger partial charge is 0.260 e. The van der Waals surface area contributed by atoms with Crippen LogP contribution in [0.25, 0.3) is 0 Å².